The maximum atomic E-state index is 12.8. The summed E-state index contributed by atoms with van der Waals surface area (Å²) in [7, 11) is 0. The van der Waals surface area contributed by atoms with Crippen LogP contribution < -0.4 is 9.47 Å². The highest BCUT2D eigenvalue weighted by atomic mass is 16.7. The molecule has 10 nitrogen and oxygen atoms in total. The second-order valence-electron chi connectivity index (χ2n) is 14.7. The third kappa shape index (κ3) is 15.0. The summed E-state index contributed by atoms with van der Waals surface area (Å²) in [5.41, 5.74) is -2.52. The Bertz CT molecular complexity index is 1290. The van der Waals surface area contributed by atoms with E-state index in [0.29, 0.717) is 22.6 Å². The third-order valence-electron chi connectivity index (χ3n) is 5.31. The van der Waals surface area contributed by atoms with Gasteiger partial charge in [0.25, 0.3) is 0 Å². The minimum atomic E-state index is -0.796. The Morgan fingerprint density at radius 2 is 0.681 bits per heavy atom. The molecule has 0 bridgehead atoms. The fourth-order valence-electron chi connectivity index (χ4n) is 3.55. The van der Waals surface area contributed by atoms with E-state index >= 15 is 0 Å². The van der Waals surface area contributed by atoms with Gasteiger partial charge in [0.15, 0.2) is 0 Å². The van der Waals surface area contributed by atoms with Crippen LogP contribution in [0.25, 0.3) is 12.2 Å². The van der Waals surface area contributed by atoms with Crippen molar-refractivity contribution in [2.75, 3.05) is 6.79 Å². The second-order valence-corrected chi connectivity index (χ2v) is 14.7. The Balaban J connectivity index is 2.12. The van der Waals surface area contributed by atoms with Crippen molar-refractivity contribution >= 4 is 36.0 Å². The van der Waals surface area contributed by atoms with Crippen LogP contribution in [0.1, 0.15) is 94.2 Å². The lowest BCUT2D eigenvalue weighted by Gasteiger charge is -2.23. The summed E-state index contributed by atoms with van der Waals surface area (Å²) in [6, 6.07) is 13.4. The number of rotatable bonds is 10. The number of benzene rings is 2. The van der Waals surface area contributed by atoms with Crippen LogP contribution in [0.15, 0.2) is 59.7 Å². The van der Waals surface area contributed by atoms with Gasteiger partial charge in [-0.2, -0.15) is 0 Å². The number of esters is 4. The second kappa shape index (κ2) is 15.3. The molecule has 0 saturated heterocycles. The number of hydrogen-bond donors (Lipinski definition) is 0. The monoisotopic (exact) mass is 652 g/mol. The molecule has 0 saturated carbocycles. The van der Waals surface area contributed by atoms with Gasteiger partial charge in [-0.3, -0.25) is 0 Å². The summed E-state index contributed by atoms with van der Waals surface area (Å²) >= 11 is 0. The maximum absolute atomic E-state index is 12.8. The molecule has 0 radical (unpaired) electrons. The SMILES string of the molecule is CC(C)(C)OC(=O)C(=Cc1ccc(OCOc2ccc(C=C(C(=O)OC(C)(C)C)C(=O)OC(C)(C)C)cc2)cc1)C(=O)OC(C)(C)C. The molecule has 0 spiro atoms. The average Bonchev–Trinajstić information content (AvgIpc) is 2.87. The van der Waals surface area contributed by atoms with Crippen LogP contribution in [-0.4, -0.2) is 53.1 Å². The number of ether oxygens (including phenoxy) is 6. The topological polar surface area (TPSA) is 124 Å². The highest BCUT2D eigenvalue weighted by Gasteiger charge is 2.30. The van der Waals surface area contributed by atoms with E-state index in [1.165, 1.54) is 12.2 Å². The number of carbonyl (C=O) groups is 4. The van der Waals surface area contributed by atoms with Crippen LogP contribution in [0.2, 0.25) is 0 Å². The largest absolute Gasteiger partial charge is 0.458 e. The van der Waals surface area contributed by atoms with Crippen LogP contribution >= 0.6 is 0 Å². The van der Waals surface area contributed by atoms with E-state index in [-0.39, 0.29) is 17.9 Å². The van der Waals surface area contributed by atoms with Gasteiger partial charge in [-0.1, -0.05) is 24.3 Å². The van der Waals surface area contributed by atoms with Gasteiger partial charge < -0.3 is 28.4 Å². The number of hydrogen-bond acceptors (Lipinski definition) is 10. The first kappa shape index (κ1) is 38.6. The van der Waals surface area contributed by atoms with E-state index in [2.05, 4.69) is 0 Å². The minimum absolute atomic E-state index is 0.119. The molecule has 0 amide bonds. The van der Waals surface area contributed by atoms with Crippen molar-refractivity contribution < 1.29 is 47.6 Å². The van der Waals surface area contributed by atoms with Crippen LogP contribution in [0.3, 0.4) is 0 Å². The van der Waals surface area contributed by atoms with E-state index < -0.39 is 46.3 Å². The van der Waals surface area contributed by atoms with Gasteiger partial charge in [0.1, 0.15) is 45.0 Å². The predicted molar refractivity (Wildman–Crippen MR) is 178 cm³/mol. The Labute approximate surface area is 278 Å². The number of carbonyl (C=O) groups excluding carboxylic acids is 4. The van der Waals surface area contributed by atoms with E-state index in [0.717, 1.165) is 0 Å². The van der Waals surface area contributed by atoms with E-state index in [1.54, 1.807) is 132 Å². The van der Waals surface area contributed by atoms with Gasteiger partial charge in [-0.15, -0.1) is 0 Å². The Morgan fingerprint density at radius 1 is 0.447 bits per heavy atom. The summed E-state index contributed by atoms with van der Waals surface area (Å²) in [5, 5.41) is 0. The molecule has 0 fully saturated rings. The first-order valence-corrected chi connectivity index (χ1v) is 15.2. The smallest absolute Gasteiger partial charge is 0.346 e. The zero-order valence-corrected chi connectivity index (χ0v) is 29.6. The molecular formula is C37H48O10. The van der Waals surface area contributed by atoms with Gasteiger partial charge in [-0.25, -0.2) is 19.2 Å². The van der Waals surface area contributed by atoms with Crippen LogP contribution in [0.5, 0.6) is 11.5 Å². The van der Waals surface area contributed by atoms with E-state index in [1.807, 2.05) is 0 Å². The maximum Gasteiger partial charge on any atom is 0.346 e. The summed E-state index contributed by atoms with van der Waals surface area (Å²) in [5.74, 6) is -2.17. The van der Waals surface area contributed by atoms with Crippen LogP contribution in [0, 0.1) is 0 Å². The van der Waals surface area contributed by atoms with Crippen molar-refractivity contribution in [3.63, 3.8) is 0 Å². The molecule has 2 aromatic rings. The van der Waals surface area contributed by atoms with Crippen molar-refractivity contribution in [3.8, 4) is 11.5 Å². The van der Waals surface area contributed by atoms with Crippen molar-refractivity contribution in [1.29, 1.82) is 0 Å². The van der Waals surface area contributed by atoms with Crippen molar-refractivity contribution in [2.45, 2.75) is 105 Å². The molecule has 256 valence electrons. The first-order chi connectivity index (χ1) is 21.4. The van der Waals surface area contributed by atoms with Gasteiger partial charge >= 0.3 is 23.9 Å². The minimum Gasteiger partial charge on any atom is -0.458 e. The zero-order chi connectivity index (χ0) is 35.8. The molecular weight excluding hydrogens is 604 g/mol. The van der Waals surface area contributed by atoms with Crippen molar-refractivity contribution in [3.05, 3.63) is 70.8 Å². The molecule has 2 rings (SSSR count). The molecule has 0 aliphatic rings. The molecule has 0 unspecified atom stereocenters. The van der Waals surface area contributed by atoms with Crippen molar-refractivity contribution in [1.82, 2.24) is 0 Å². The molecule has 0 aliphatic carbocycles. The van der Waals surface area contributed by atoms with Crippen LogP contribution in [-0.2, 0) is 38.1 Å². The molecule has 0 heterocycles. The van der Waals surface area contributed by atoms with Gasteiger partial charge in [0.2, 0.25) is 6.79 Å². The normalized spacial score (nSPS) is 11.8. The summed E-state index contributed by atoms with van der Waals surface area (Å²) in [6.07, 6.45) is 2.82. The fraction of sp³-hybridized carbons (Fsp3) is 0.459. The van der Waals surface area contributed by atoms with E-state index in [4.69, 9.17) is 28.4 Å². The lowest BCUT2D eigenvalue weighted by Crippen LogP contribution is -2.31. The predicted octanol–water partition coefficient (Wildman–Crippen LogP) is 7.24. The summed E-state index contributed by atoms with van der Waals surface area (Å²) in [4.78, 5) is 51.2. The lowest BCUT2D eigenvalue weighted by atomic mass is 10.1. The lowest BCUT2D eigenvalue weighted by molar-refractivity contribution is -0.160. The molecule has 0 aromatic heterocycles. The Hall–Kier alpha value is -4.60. The Kier molecular flexibility index (Phi) is 12.6. The fourth-order valence-corrected chi connectivity index (χ4v) is 3.55. The quantitative estimate of drug-likeness (QED) is 0.0648. The summed E-state index contributed by atoms with van der Waals surface area (Å²) in [6.45, 7) is 20.5. The summed E-state index contributed by atoms with van der Waals surface area (Å²) < 4.78 is 33.0. The van der Waals surface area contributed by atoms with Gasteiger partial charge in [0.05, 0.1) is 0 Å². The van der Waals surface area contributed by atoms with Gasteiger partial charge in [0, 0.05) is 0 Å². The van der Waals surface area contributed by atoms with E-state index in [9.17, 15) is 19.2 Å². The molecule has 0 atom stereocenters. The third-order valence-corrected chi connectivity index (χ3v) is 5.31. The van der Waals surface area contributed by atoms with Gasteiger partial charge in [-0.05, 0) is 131 Å². The molecule has 0 N–H and O–H groups in total. The molecule has 47 heavy (non-hydrogen) atoms. The zero-order valence-electron chi connectivity index (χ0n) is 29.6. The Morgan fingerprint density at radius 3 is 0.894 bits per heavy atom. The first-order valence-electron chi connectivity index (χ1n) is 15.2. The standard InChI is InChI=1S/C37H48O10/c1-34(2,3)44-30(38)28(31(39)45-35(4,5)6)21-24-13-17-26(18-14-24)42-23-43-27-19-15-25(16-20-27)22-29(32(40)46-36(7,8)9)33(41)47-37(10,11)12/h13-22H,23H2,1-12H3. The van der Waals surface area contributed by atoms with Crippen molar-refractivity contribution in [2.24, 2.45) is 0 Å². The molecule has 0 aliphatic heterocycles. The van der Waals surface area contributed by atoms with Crippen LogP contribution in [0.4, 0.5) is 0 Å². The molecule has 10 heteroatoms. The highest BCUT2D eigenvalue weighted by Crippen LogP contribution is 2.22. The average molecular weight is 653 g/mol. The molecule has 2 aromatic carbocycles. The highest BCUT2D eigenvalue weighted by molar-refractivity contribution is 6.18.